The summed E-state index contributed by atoms with van der Waals surface area (Å²) in [7, 11) is 0. The van der Waals surface area contributed by atoms with E-state index >= 15 is 0 Å². The van der Waals surface area contributed by atoms with Gasteiger partial charge in [0.1, 0.15) is 22.9 Å². The van der Waals surface area contributed by atoms with Crippen molar-refractivity contribution in [2.24, 2.45) is 0 Å². The van der Waals surface area contributed by atoms with E-state index in [4.69, 9.17) is 24.3 Å². The Morgan fingerprint density at radius 1 is 1.02 bits per heavy atom. The van der Waals surface area contributed by atoms with Crippen molar-refractivity contribution >= 4 is 29.1 Å². The number of rotatable bonds is 3. The van der Waals surface area contributed by atoms with E-state index in [-0.39, 0.29) is 35.6 Å². The minimum absolute atomic E-state index is 0.0323. The van der Waals surface area contributed by atoms with E-state index in [9.17, 15) is 14.4 Å². The molecule has 5 heterocycles. The van der Waals surface area contributed by atoms with E-state index in [1.54, 1.807) is 0 Å². The first-order valence-corrected chi connectivity index (χ1v) is 15.0. The van der Waals surface area contributed by atoms with Gasteiger partial charge in [0.05, 0.1) is 24.9 Å². The van der Waals surface area contributed by atoms with Crippen molar-refractivity contribution < 1.29 is 23.8 Å². The summed E-state index contributed by atoms with van der Waals surface area (Å²) in [5, 5.41) is 4.69. The minimum Gasteiger partial charge on any atom is -0.458 e. The largest absolute Gasteiger partial charge is 0.458 e. The molecule has 0 unspecified atom stereocenters. The molecule has 1 saturated carbocycles. The molecule has 2 aromatic heterocycles. The summed E-state index contributed by atoms with van der Waals surface area (Å²) < 4.78 is 20.3. The first kappa shape index (κ1) is 28.7. The zero-order chi connectivity index (χ0) is 30.1. The van der Waals surface area contributed by atoms with Crippen molar-refractivity contribution in [3.05, 3.63) is 27.9 Å². The fourth-order valence-corrected chi connectivity index (χ4v) is 6.63. The van der Waals surface area contributed by atoms with Gasteiger partial charge in [-0.15, -0.1) is 5.10 Å². The summed E-state index contributed by atoms with van der Waals surface area (Å²) in [6.45, 7) is 15.1. The molecule has 12 heteroatoms. The van der Waals surface area contributed by atoms with Crippen LogP contribution in [0.25, 0.3) is 11.4 Å². The molecule has 0 aromatic carbocycles. The molecule has 4 atom stereocenters. The molecule has 228 valence electrons. The van der Waals surface area contributed by atoms with Gasteiger partial charge in [-0.25, -0.2) is 9.59 Å². The van der Waals surface area contributed by atoms with Crippen molar-refractivity contribution in [1.29, 1.82) is 0 Å². The summed E-state index contributed by atoms with van der Waals surface area (Å²) >= 11 is 0. The minimum atomic E-state index is -0.663. The summed E-state index contributed by atoms with van der Waals surface area (Å²) in [5.74, 6) is 0.371. The molecule has 0 spiro atoms. The van der Waals surface area contributed by atoms with Crippen LogP contribution in [0.4, 0.5) is 10.5 Å². The topological polar surface area (TPSA) is 121 Å². The number of hydrogen-bond acceptors (Lipinski definition) is 9. The first-order chi connectivity index (χ1) is 19.7. The van der Waals surface area contributed by atoms with E-state index in [0.717, 1.165) is 24.1 Å². The van der Waals surface area contributed by atoms with Crippen LogP contribution in [0.15, 0.2) is 10.9 Å². The molecule has 4 aliphatic rings. The Morgan fingerprint density at radius 3 is 2.36 bits per heavy atom. The Labute approximate surface area is 245 Å². The number of ether oxygens (including phenoxy) is 3. The Kier molecular flexibility index (Phi) is 6.90. The number of piperazine rings is 1. The number of amides is 1. The highest BCUT2D eigenvalue weighted by Gasteiger charge is 2.49. The number of carbonyl (C=O) groups excluding carboxylic acids is 2. The maximum absolute atomic E-state index is 14.4. The zero-order valence-electron chi connectivity index (χ0n) is 25.7. The van der Waals surface area contributed by atoms with Crippen molar-refractivity contribution in [2.45, 2.75) is 109 Å². The lowest BCUT2D eigenvalue weighted by molar-refractivity contribution is -0.158. The second-order valence-corrected chi connectivity index (χ2v) is 13.9. The van der Waals surface area contributed by atoms with Gasteiger partial charge in [-0.1, -0.05) is 13.0 Å². The highest BCUT2D eigenvalue weighted by atomic mass is 16.6. The fourth-order valence-electron chi connectivity index (χ4n) is 6.63. The second kappa shape index (κ2) is 10.1. The van der Waals surface area contributed by atoms with E-state index in [1.807, 2.05) is 64.0 Å². The lowest BCUT2D eigenvalue weighted by Gasteiger charge is -2.54. The number of hydrogen-bond donors (Lipinski definition) is 0. The number of anilines is 1. The average Bonchev–Trinajstić information content (AvgIpc) is 3.46. The lowest BCUT2D eigenvalue weighted by Crippen LogP contribution is -2.67. The smallest absolute Gasteiger partial charge is 0.410 e. The van der Waals surface area contributed by atoms with Crippen LogP contribution in [-0.4, -0.2) is 85.7 Å². The molecule has 2 aromatic rings. The maximum atomic E-state index is 14.4. The van der Waals surface area contributed by atoms with Crippen LogP contribution in [-0.2, 0) is 19.0 Å². The molecule has 0 radical (unpaired) electrons. The summed E-state index contributed by atoms with van der Waals surface area (Å²) in [5.41, 5.74) is 0.733. The number of esters is 1. The summed E-state index contributed by atoms with van der Waals surface area (Å²) in [4.78, 5) is 49.8. The van der Waals surface area contributed by atoms with Crippen LogP contribution in [0.5, 0.6) is 0 Å². The monoisotopic (exact) mass is 582 g/mol. The molecule has 0 bridgehead atoms. The quantitative estimate of drug-likeness (QED) is 0.499. The summed E-state index contributed by atoms with van der Waals surface area (Å²) in [6.07, 6.45) is 4.45. The molecule has 0 N–H and O–H groups in total. The van der Waals surface area contributed by atoms with Gasteiger partial charge in [-0.2, -0.15) is 9.50 Å². The van der Waals surface area contributed by atoms with Gasteiger partial charge in [0.15, 0.2) is 5.82 Å². The predicted molar refractivity (Wildman–Crippen MR) is 156 cm³/mol. The predicted octanol–water partition coefficient (Wildman–Crippen LogP) is 3.67. The molecule has 2 fully saturated rings. The second-order valence-electron chi connectivity index (χ2n) is 13.9. The Balaban J connectivity index is 1.46. The number of carbonyl (C=O) groups is 2. The fraction of sp³-hybridized carbons (Fsp3) is 0.700. The van der Waals surface area contributed by atoms with E-state index in [2.05, 4.69) is 4.90 Å². The van der Waals surface area contributed by atoms with E-state index < -0.39 is 17.2 Å². The molecule has 3 aliphatic heterocycles. The van der Waals surface area contributed by atoms with Gasteiger partial charge >= 0.3 is 12.1 Å². The Hall–Kier alpha value is -3.41. The molecule has 1 aliphatic carbocycles. The third-order valence-electron chi connectivity index (χ3n) is 8.49. The number of nitrogens with zero attached hydrogens (tertiary/aromatic N) is 6. The molecule has 12 nitrogen and oxygen atoms in total. The van der Waals surface area contributed by atoms with Crippen LogP contribution >= 0.6 is 0 Å². The van der Waals surface area contributed by atoms with Crippen molar-refractivity contribution in [2.75, 3.05) is 31.2 Å². The standard InChI is InChI=1S/C30H42N6O6/c1-17-16-21(26(38)41-29(2,3)4)35-22(17)23(25(37)36-27(35)31-24(32-36)18-10-14-40-15-11-18)33-12-13-34(20-9-8-19(20)33)28(39)42-30(5,6)7/h10,17,19-21H,8-9,11-16H2,1-7H3/t17-,19+,20+,21-/m1/s1. The van der Waals surface area contributed by atoms with Gasteiger partial charge in [-0.05, 0) is 72.8 Å². The highest BCUT2D eigenvalue weighted by molar-refractivity contribution is 5.78. The highest BCUT2D eigenvalue weighted by Crippen LogP contribution is 2.45. The average molecular weight is 583 g/mol. The Morgan fingerprint density at radius 2 is 1.74 bits per heavy atom. The lowest BCUT2D eigenvalue weighted by atomic mass is 9.81. The van der Waals surface area contributed by atoms with Gasteiger partial charge in [0.25, 0.3) is 5.56 Å². The normalized spacial score (nSPS) is 25.9. The molecule has 1 amide bonds. The number of fused-ring (bicyclic) bond motifs is 4. The maximum Gasteiger partial charge on any atom is 0.410 e. The third kappa shape index (κ3) is 4.97. The third-order valence-corrected chi connectivity index (χ3v) is 8.49. The first-order valence-electron chi connectivity index (χ1n) is 15.0. The van der Waals surface area contributed by atoms with Crippen LogP contribution < -0.4 is 10.5 Å². The van der Waals surface area contributed by atoms with Gasteiger partial charge in [0, 0.05) is 25.0 Å². The van der Waals surface area contributed by atoms with Gasteiger partial charge in [0.2, 0.25) is 5.78 Å². The number of aromatic nitrogens is 4. The van der Waals surface area contributed by atoms with Crippen molar-refractivity contribution in [1.82, 2.24) is 24.1 Å². The summed E-state index contributed by atoms with van der Waals surface area (Å²) in [6, 6.07) is -0.728. The van der Waals surface area contributed by atoms with E-state index in [1.165, 1.54) is 4.52 Å². The molecule has 1 saturated heterocycles. The SMILES string of the molecule is C[C@@H]1C[C@H](C(=O)OC(C)(C)C)n2c1c(N1CCN(C(=O)OC(C)(C)C)[C@H]3CC[C@@H]31)c(=O)n1nc(C3=CCOCC3)nc21. The zero-order valence-corrected chi connectivity index (χ0v) is 25.7. The van der Waals surface area contributed by atoms with Gasteiger partial charge in [-0.3, -0.25) is 9.36 Å². The van der Waals surface area contributed by atoms with Crippen LogP contribution in [0.2, 0.25) is 0 Å². The Bertz CT molecular complexity index is 1510. The van der Waals surface area contributed by atoms with Crippen LogP contribution in [0, 0.1) is 0 Å². The van der Waals surface area contributed by atoms with Crippen LogP contribution in [0.3, 0.4) is 0 Å². The van der Waals surface area contributed by atoms with Crippen molar-refractivity contribution in [3.63, 3.8) is 0 Å². The molecule has 6 rings (SSSR count). The molecular weight excluding hydrogens is 540 g/mol. The van der Waals surface area contributed by atoms with Crippen LogP contribution in [0.1, 0.15) is 97.6 Å². The van der Waals surface area contributed by atoms with Gasteiger partial charge < -0.3 is 24.0 Å². The molecular formula is C30H42N6O6. The van der Waals surface area contributed by atoms with Crippen molar-refractivity contribution in [3.8, 4) is 0 Å². The molecule has 42 heavy (non-hydrogen) atoms. The van der Waals surface area contributed by atoms with E-state index in [0.29, 0.717) is 56.4 Å².